The number of likely N-dealkylation sites (N-methyl/N-ethyl adjacent to an activating group) is 1. The molecule has 1 saturated carbocycles. The fraction of sp³-hybridized carbons (Fsp3) is 0.714. The zero-order valence-electron chi connectivity index (χ0n) is 11.6. The number of amides is 1. The molecule has 0 radical (unpaired) electrons. The molecule has 1 aromatic rings. The molecule has 1 aliphatic heterocycles. The van der Waals surface area contributed by atoms with Gasteiger partial charge in [0.2, 0.25) is 5.91 Å². The lowest BCUT2D eigenvalue weighted by Gasteiger charge is -2.37. The molecule has 1 atom stereocenters. The first-order valence-corrected chi connectivity index (χ1v) is 7.97. The highest BCUT2D eigenvalue weighted by Crippen LogP contribution is 2.32. The number of hydrogen-bond acceptors (Lipinski definition) is 4. The molecule has 1 aliphatic carbocycles. The molecule has 2 fully saturated rings. The Hall–Kier alpha value is -1.10. The maximum absolute atomic E-state index is 12.1. The molecule has 0 spiro atoms. The van der Waals surface area contributed by atoms with Crippen LogP contribution in [0, 0.1) is 12.8 Å². The van der Waals surface area contributed by atoms with E-state index in [0.717, 1.165) is 49.6 Å². The number of piperidine rings is 1. The van der Waals surface area contributed by atoms with Crippen molar-refractivity contribution in [2.75, 3.05) is 25.0 Å². The Labute approximate surface area is 118 Å². The SMILES string of the molecule is Cc1csc(N2CCCC(N(C)C(=O)C3CC3)C2)n1. The Balaban J connectivity index is 1.65. The van der Waals surface area contributed by atoms with Gasteiger partial charge in [0.1, 0.15) is 0 Å². The maximum Gasteiger partial charge on any atom is 0.225 e. The highest BCUT2D eigenvalue weighted by Gasteiger charge is 2.36. The van der Waals surface area contributed by atoms with Crippen LogP contribution in [-0.4, -0.2) is 42.0 Å². The van der Waals surface area contributed by atoms with Gasteiger partial charge in [0.25, 0.3) is 0 Å². The highest BCUT2D eigenvalue weighted by molar-refractivity contribution is 7.13. The second-order valence-electron chi connectivity index (χ2n) is 5.74. The molecule has 19 heavy (non-hydrogen) atoms. The number of aromatic nitrogens is 1. The van der Waals surface area contributed by atoms with Crippen molar-refractivity contribution in [3.63, 3.8) is 0 Å². The molecule has 2 aliphatic rings. The zero-order valence-corrected chi connectivity index (χ0v) is 12.4. The molecule has 1 unspecified atom stereocenters. The fourth-order valence-corrected chi connectivity index (χ4v) is 3.57. The summed E-state index contributed by atoms with van der Waals surface area (Å²) in [6.45, 7) is 4.03. The average Bonchev–Trinajstić information content (AvgIpc) is 3.19. The van der Waals surface area contributed by atoms with Crippen molar-refractivity contribution in [3.05, 3.63) is 11.1 Å². The van der Waals surface area contributed by atoms with E-state index in [4.69, 9.17) is 0 Å². The van der Waals surface area contributed by atoms with Crippen LogP contribution < -0.4 is 4.90 Å². The summed E-state index contributed by atoms with van der Waals surface area (Å²) in [7, 11) is 1.97. The summed E-state index contributed by atoms with van der Waals surface area (Å²) in [6.07, 6.45) is 4.44. The molecule has 0 aromatic carbocycles. The van der Waals surface area contributed by atoms with Gasteiger partial charge in [-0.2, -0.15) is 0 Å². The maximum atomic E-state index is 12.1. The Morgan fingerprint density at radius 3 is 2.89 bits per heavy atom. The van der Waals surface area contributed by atoms with E-state index in [1.54, 1.807) is 11.3 Å². The van der Waals surface area contributed by atoms with Crippen molar-refractivity contribution >= 4 is 22.4 Å². The quantitative estimate of drug-likeness (QED) is 0.852. The van der Waals surface area contributed by atoms with E-state index >= 15 is 0 Å². The standard InChI is InChI=1S/C14H21N3OS/c1-10-9-19-14(15-10)17-7-3-4-12(8-17)16(2)13(18)11-5-6-11/h9,11-12H,3-8H2,1-2H3. The van der Waals surface area contributed by atoms with Crippen LogP contribution in [0.2, 0.25) is 0 Å². The van der Waals surface area contributed by atoms with Crippen molar-refractivity contribution in [3.8, 4) is 0 Å². The van der Waals surface area contributed by atoms with Crippen LogP contribution in [-0.2, 0) is 4.79 Å². The molecule has 5 heteroatoms. The Morgan fingerprint density at radius 1 is 1.47 bits per heavy atom. The number of hydrogen-bond donors (Lipinski definition) is 0. The molecule has 2 heterocycles. The second-order valence-corrected chi connectivity index (χ2v) is 6.57. The van der Waals surface area contributed by atoms with Crippen LogP contribution in [0.5, 0.6) is 0 Å². The average molecular weight is 279 g/mol. The van der Waals surface area contributed by atoms with Gasteiger partial charge >= 0.3 is 0 Å². The van der Waals surface area contributed by atoms with Crippen molar-refractivity contribution in [2.24, 2.45) is 5.92 Å². The third kappa shape index (κ3) is 2.76. The molecular formula is C14H21N3OS. The van der Waals surface area contributed by atoms with Crippen molar-refractivity contribution in [1.29, 1.82) is 0 Å². The van der Waals surface area contributed by atoms with Crippen LogP contribution in [0.1, 0.15) is 31.4 Å². The Bertz CT molecular complexity index is 469. The summed E-state index contributed by atoms with van der Waals surface area (Å²) < 4.78 is 0. The summed E-state index contributed by atoms with van der Waals surface area (Å²) in [5.41, 5.74) is 1.09. The largest absolute Gasteiger partial charge is 0.346 e. The lowest BCUT2D eigenvalue weighted by molar-refractivity contribution is -0.133. The predicted octanol–water partition coefficient (Wildman–Crippen LogP) is 2.29. The summed E-state index contributed by atoms with van der Waals surface area (Å²) in [5, 5.41) is 3.20. The fourth-order valence-electron chi connectivity index (χ4n) is 2.73. The molecular weight excluding hydrogens is 258 g/mol. The van der Waals surface area contributed by atoms with Gasteiger partial charge in [-0.3, -0.25) is 4.79 Å². The van der Waals surface area contributed by atoms with Gasteiger partial charge in [-0.15, -0.1) is 11.3 Å². The van der Waals surface area contributed by atoms with Crippen LogP contribution in [0.3, 0.4) is 0 Å². The van der Waals surface area contributed by atoms with Crippen LogP contribution >= 0.6 is 11.3 Å². The molecule has 1 amide bonds. The summed E-state index contributed by atoms with van der Waals surface area (Å²) in [5.74, 6) is 0.671. The molecule has 0 bridgehead atoms. The van der Waals surface area contributed by atoms with Gasteiger partial charge in [0, 0.05) is 37.5 Å². The number of anilines is 1. The minimum absolute atomic E-state index is 0.322. The van der Waals surface area contributed by atoms with Crippen LogP contribution in [0.25, 0.3) is 0 Å². The smallest absolute Gasteiger partial charge is 0.225 e. The summed E-state index contributed by atoms with van der Waals surface area (Å²) in [6, 6.07) is 0.353. The van der Waals surface area contributed by atoms with E-state index in [2.05, 4.69) is 15.3 Å². The van der Waals surface area contributed by atoms with E-state index in [-0.39, 0.29) is 0 Å². The van der Waals surface area contributed by atoms with Gasteiger partial charge in [0.15, 0.2) is 5.13 Å². The number of nitrogens with zero attached hydrogens (tertiary/aromatic N) is 3. The van der Waals surface area contributed by atoms with Gasteiger partial charge in [-0.1, -0.05) is 0 Å². The Morgan fingerprint density at radius 2 is 2.26 bits per heavy atom. The van der Waals surface area contributed by atoms with Gasteiger partial charge < -0.3 is 9.80 Å². The van der Waals surface area contributed by atoms with Crippen molar-refractivity contribution in [2.45, 2.75) is 38.6 Å². The van der Waals surface area contributed by atoms with Crippen LogP contribution in [0.4, 0.5) is 5.13 Å². The molecule has 4 nitrogen and oxygen atoms in total. The lowest BCUT2D eigenvalue weighted by Crippen LogP contribution is -2.49. The first-order chi connectivity index (χ1) is 9.15. The van der Waals surface area contributed by atoms with Gasteiger partial charge in [-0.25, -0.2) is 4.98 Å². The molecule has 1 saturated heterocycles. The molecule has 0 N–H and O–H groups in total. The third-order valence-electron chi connectivity index (χ3n) is 4.10. The topological polar surface area (TPSA) is 36.4 Å². The highest BCUT2D eigenvalue weighted by atomic mass is 32.1. The summed E-state index contributed by atoms with van der Waals surface area (Å²) in [4.78, 5) is 21.0. The zero-order chi connectivity index (χ0) is 13.4. The Kier molecular flexibility index (Phi) is 3.48. The van der Waals surface area contributed by atoms with Gasteiger partial charge in [0.05, 0.1) is 5.69 Å². The monoisotopic (exact) mass is 279 g/mol. The van der Waals surface area contributed by atoms with E-state index in [1.165, 1.54) is 0 Å². The van der Waals surface area contributed by atoms with E-state index in [0.29, 0.717) is 17.9 Å². The minimum Gasteiger partial charge on any atom is -0.346 e. The van der Waals surface area contributed by atoms with Crippen molar-refractivity contribution < 1.29 is 4.79 Å². The normalized spacial score (nSPS) is 23.5. The van der Waals surface area contributed by atoms with Crippen molar-refractivity contribution in [1.82, 2.24) is 9.88 Å². The van der Waals surface area contributed by atoms with E-state index in [9.17, 15) is 4.79 Å². The third-order valence-corrected chi connectivity index (χ3v) is 5.12. The van der Waals surface area contributed by atoms with E-state index < -0.39 is 0 Å². The number of carbonyl (C=O) groups excluding carboxylic acids is 1. The molecule has 104 valence electrons. The lowest BCUT2D eigenvalue weighted by atomic mass is 10.0. The van der Waals surface area contributed by atoms with Crippen LogP contribution in [0.15, 0.2) is 5.38 Å². The predicted molar refractivity (Wildman–Crippen MR) is 77.6 cm³/mol. The second kappa shape index (κ2) is 5.12. The molecule has 1 aromatic heterocycles. The number of thiazole rings is 1. The summed E-state index contributed by atoms with van der Waals surface area (Å²) >= 11 is 1.71. The first-order valence-electron chi connectivity index (χ1n) is 7.09. The minimum atomic E-state index is 0.322. The molecule has 3 rings (SSSR count). The first kappa shape index (κ1) is 12.9. The number of rotatable bonds is 3. The number of carbonyl (C=O) groups is 1. The number of aryl methyl sites for hydroxylation is 1. The van der Waals surface area contributed by atoms with Gasteiger partial charge in [-0.05, 0) is 32.6 Å². The van der Waals surface area contributed by atoms with E-state index in [1.807, 2.05) is 18.9 Å².